The summed E-state index contributed by atoms with van der Waals surface area (Å²) in [5, 5.41) is 2.82. The van der Waals surface area contributed by atoms with Crippen molar-refractivity contribution in [2.75, 3.05) is 11.5 Å². The van der Waals surface area contributed by atoms with E-state index in [2.05, 4.69) is 36.4 Å². The van der Waals surface area contributed by atoms with Crippen LogP contribution in [0.5, 0.6) is 5.75 Å². The third-order valence-electron chi connectivity index (χ3n) is 7.81. The number of benzene rings is 2. The molecule has 1 aliphatic heterocycles. The Hall–Kier alpha value is -1.15. The SMILES string of the molecule is c1ccc2c([S+]3CC4C5CCC(C5)C4C3)ccc(OC3CCCC3)c2c1. The molecule has 4 fully saturated rings. The summed E-state index contributed by atoms with van der Waals surface area (Å²) in [5.74, 6) is 8.30. The molecule has 0 amide bonds. The molecule has 3 saturated carbocycles. The number of hydrogen-bond donors (Lipinski definition) is 0. The number of ether oxygens (including phenoxy) is 1. The maximum Gasteiger partial charge on any atom is 0.163 e. The van der Waals surface area contributed by atoms with E-state index in [-0.39, 0.29) is 0 Å². The maximum atomic E-state index is 6.43. The van der Waals surface area contributed by atoms with E-state index in [1.165, 1.54) is 60.8 Å². The normalized spacial score (nSPS) is 36.1. The molecule has 4 unspecified atom stereocenters. The monoisotopic (exact) mass is 365 g/mol. The first kappa shape index (κ1) is 15.9. The van der Waals surface area contributed by atoms with Crippen LogP contribution in [0.4, 0.5) is 0 Å². The van der Waals surface area contributed by atoms with E-state index in [4.69, 9.17) is 4.74 Å². The highest BCUT2D eigenvalue weighted by Gasteiger charge is 2.57. The molecule has 1 nitrogen and oxygen atoms in total. The summed E-state index contributed by atoms with van der Waals surface area (Å²) in [7, 11) is 0.457. The Morgan fingerprint density at radius 3 is 2.19 bits per heavy atom. The molecule has 1 saturated heterocycles. The van der Waals surface area contributed by atoms with Gasteiger partial charge in [0.2, 0.25) is 0 Å². The van der Waals surface area contributed by atoms with Crippen molar-refractivity contribution in [1.29, 1.82) is 0 Å². The van der Waals surface area contributed by atoms with Crippen LogP contribution < -0.4 is 4.74 Å². The van der Waals surface area contributed by atoms with Crippen molar-refractivity contribution in [2.24, 2.45) is 23.7 Å². The van der Waals surface area contributed by atoms with Crippen LogP contribution in [0.1, 0.15) is 44.9 Å². The zero-order valence-corrected chi connectivity index (χ0v) is 16.3. The number of fused-ring (bicyclic) bond motifs is 6. The van der Waals surface area contributed by atoms with Crippen molar-refractivity contribution in [1.82, 2.24) is 0 Å². The fourth-order valence-corrected chi connectivity index (χ4v) is 9.76. The van der Waals surface area contributed by atoms with Crippen LogP contribution in [0.25, 0.3) is 10.8 Å². The average Bonchev–Trinajstić information content (AvgIpc) is 3.44. The predicted octanol–water partition coefficient (Wildman–Crippen LogP) is 5.81. The minimum Gasteiger partial charge on any atom is -0.490 e. The highest BCUT2D eigenvalue weighted by molar-refractivity contribution is 7.97. The summed E-state index contributed by atoms with van der Waals surface area (Å²) in [5.41, 5.74) is 0. The Balaban J connectivity index is 1.34. The Kier molecular flexibility index (Phi) is 3.78. The fourth-order valence-electron chi connectivity index (χ4n) is 6.55. The van der Waals surface area contributed by atoms with Gasteiger partial charge in [-0.15, -0.1) is 0 Å². The quantitative estimate of drug-likeness (QED) is 0.623. The third kappa shape index (κ3) is 2.44. The molecule has 2 aromatic carbocycles. The molecule has 136 valence electrons. The number of rotatable bonds is 3. The van der Waals surface area contributed by atoms with Gasteiger partial charge in [-0.2, -0.15) is 0 Å². The molecular formula is C24H29OS+. The second kappa shape index (κ2) is 6.19. The number of hydrogen-bond acceptors (Lipinski definition) is 1. The smallest absolute Gasteiger partial charge is 0.163 e. The van der Waals surface area contributed by atoms with E-state index >= 15 is 0 Å². The van der Waals surface area contributed by atoms with Crippen LogP contribution in [0.15, 0.2) is 41.3 Å². The second-order valence-corrected chi connectivity index (χ2v) is 11.2. The summed E-state index contributed by atoms with van der Waals surface area (Å²) in [6, 6.07) is 13.8. The van der Waals surface area contributed by atoms with E-state index in [9.17, 15) is 0 Å². The Labute approximate surface area is 159 Å². The summed E-state index contributed by atoms with van der Waals surface area (Å²) >= 11 is 0. The first-order chi connectivity index (χ1) is 12.9. The van der Waals surface area contributed by atoms with Crippen molar-refractivity contribution >= 4 is 21.7 Å². The molecule has 4 atom stereocenters. The standard InChI is InChI=1S/C24H29OS/c1-2-6-18(5-1)25-23-11-12-24(20-8-4-3-7-19(20)23)26-14-21-16-9-10-17(13-16)22(21)15-26/h3-4,7-8,11-12,16-18,21-22H,1-2,5-6,9-10,13-15H2/q+1. The second-order valence-electron chi connectivity index (χ2n) is 9.12. The summed E-state index contributed by atoms with van der Waals surface area (Å²) in [4.78, 5) is 1.63. The minimum absolute atomic E-state index is 0.438. The van der Waals surface area contributed by atoms with Crippen molar-refractivity contribution < 1.29 is 4.74 Å². The predicted molar refractivity (Wildman–Crippen MR) is 110 cm³/mol. The summed E-state index contributed by atoms with van der Waals surface area (Å²) < 4.78 is 6.43. The highest BCUT2D eigenvalue weighted by atomic mass is 32.2. The van der Waals surface area contributed by atoms with Gasteiger partial charge in [-0.3, -0.25) is 0 Å². The molecule has 1 heterocycles. The lowest BCUT2D eigenvalue weighted by atomic mass is 9.82. The van der Waals surface area contributed by atoms with Gasteiger partial charge >= 0.3 is 0 Å². The maximum absolute atomic E-state index is 6.43. The first-order valence-corrected chi connectivity index (χ1v) is 12.3. The molecule has 0 spiro atoms. The van der Waals surface area contributed by atoms with Gasteiger partial charge in [0.15, 0.2) is 4.90 Å². The Morgan fingerprint density at radius 1 is 0.769 bits per heavy atom. The Morgan fingerprint density at radius 2 is 1.46 bits per heavy atom. The average molecular weight is 366 g/mol. The lowest BCUT2D eigenvalue weighted by Crippen LogP contribution is -2.19. The highest BCUT2D eigenvalue weighted by Crippen LogP contribution is 2.57. The van der Waals surface area contributed by atoms with Crippen molar-refractivity contribution in [3.63, 3.8) is 0 Å². The van der Waals surface area contributed by atoms with Gasteiger partial charge in [0.1, 0.15) is 17.3 Å². The zero-order chi connectivity index (χ0) is 17.1. The largest absolute Gasteiger partial charge is 0.490 e. The zero-order valence-electron chi connectivity index (χ0n) is 15.5. The molecule has 2 aromatic rings. The molecular weight excluding hydrogens is 336 g/mol. The fraction of sp³-hybridized carbons (Fsp3) is 0.583. The van der Waals surface area contributed by atoms with Crippen LogP contribution in [-0.4, -0.2) is 17.6 Å². The first-order valence-electron chi connectivity index (χ1n) is 10.7. The van der Waals surface area contributed by atoms with Gasteiger partial charge < -0.3 is 4.74 Å². The van der Waals surface area contributed by atoms with E-state index in [0.29, 0.717) is 17.0 Å². The molecule has 6 rings (SSSR count). The van der Waals surface area contributed by atoms with Crippen molar-refractivity contribution in [2.45, 2.75) is 55.9 Å². The van der Waals surface area contributed by atoms with Gasteiger partial charge in [-0.25, -0.2) is 0 Å². The van der Waals surface area contributed by atoms with Gasteiger partial charge in [-0.1, -0.05) is 18.2 Å². The topological polar surface area (TPSA) is 9.23 Å². The molecule has 2 bridgehead atoms. The molecule has 0 N–H and O–H groups in total. The van der Waals surface area contributed by atoms with Gasteiger partial charge in [-0.05, 0) is 75.0 Å². The van der Waals surface area contributed by atoms with E-state index in [0.717, 1.165) is 29.4 Å². The van der Waals surface area contributed by atoms with Crippen LogP contribution in [-0.2, 0) is 10.9 Å². The van der Waals surface area contributed by atoms with Crippen molar-refractivity contribution in [3.8, 4) is 5.75 Å². The summed E-state index contributed by atoms with van der Waals surface area (Å²) in [6.07, 6.45) is 10.2. The van der Waals surface area contributed by atoms with Gasteiger partial charge in [0.05, 0.1) is 6.10 Å². The van der Waals surface area contributed by atoms with Crippen LogP contribution in [0.3, 0.4) is 0 Å². The third-order valence-corrected chi connectivity index (χ3v) is 10.4. The van der Waals surface area contributed by atoms with Crippen molar-refractivity contribution in [3.05, 3.63) is 36.4 Å². The molecule has 26 heavy (non-hydrogen) atoms. The Bertz CT molecular complexity index is 806. The van der Waals surface area contributed by atoms with E-state index < -0.39 is 0 Å². The van der Waals surface area contributed by atoms with Crippen LogP contribution in [0.2, 0.25) is 0 Å². The van der Waals surface area contributed by atoms with E-state index in [1.54, 1.807) is 11.3 Å². The van der Waals surface area contributed by atoms with Crippen LogP contribution in [0, 0.1) is 23.7 Å². The molecule has 2 heteroatoms. The minimum atomic E-state index is 0.438. The van der Waals surface area contributed by atoms with E-state index in [1.807, 2.05) is 0 Å². The molecule has 4 aliphatic rings. The van der Waals surface area contributed by atoms with Crippen LogP contribution >= 0.6 is 0 Å². The van der Waals surface area contributed by atoms with Gasteiger partial charge in [0.25, 0.3) is 0 Å². The lowest BCUT2D eigenvalue weighted by Gasteiger charge is -2.19. The molecule has 0 aromatic heterocycles. The molecule has 3 aliphatic carbocycles. The van der Waals surface area contributed by atoms with Gasteiger partial charge in [0, 0.05) is 33.5 Å². The summed E-state index contributed by atoms with van der Waals surface area (Å²) in [6.45, 7) is 0. The lowest BCUT2D eigenvalue weighted by molar-refractivity contribution is 0.212. The molecule has 0 radical (unpaired) electrons.